The predicted molar refractivity (Wildman–Crippen MR) is 117 cm³/mol. The molecule has 156 valence electrons. The lowest BCUT2D eigenvalue weighted by Gasteiger charge is -2.09. The van der Waals surface area contributed by atoms with Gasteiger partial charge in [0, 0.05) is 22.8 Å². The third kappa shape index (κ3) is 4.93. The van der Waals surface area contributed by atoms with Crippen molar-refractivity contribution >= 4 is 38.1 Å². The van der Waals surface area contributed by atoms with Crippen molar-refractivity contribution in [2.24, 2.45) is 0 Å². The van der Waals surface area contributed by atoms with Crippen LogP contribution < -0.4 is 10.0 Å². The van der Waals surface area contributed by atoms with Gasteiger partial charge in [-0.1, -0.05) is 6.07 Å². The van der Waals surface area contributed by atoms with Crippen molar-refractivity contribution in [2.45, 2.75) is 4.90 Å². The quantitative estimate of drug-likeness (QED) is 0.450. The molecule has 0 spiro atoms. The van der Waals surface area contributed by atoms with Crippen LogP contribution in [0.1, 0.15) is 10.4 Å². The second kappa shape index (κ2) is 8.62. The summed E-state index contributed by atoms with van der Waals surface area (Å²) in [5.41, 5.74) is 1.97. The minimum Gasteiger partial charge on any atom is -0.298 e. The third-order valence-corrected chi connectivity index (χ3v) is 6.33. The van der Waals surface area contributed by atoms with Gasteiger partial charge >= 0.3 is 0 Å². The molecule has 10 heteroatoms. The van der Waals surface area contributed by atoms with E-state index in [1.165, 1.54) is 47.7 Å². The number of carbonyl (C=O) groups is 1. The van der Waals surface area contributed by atoms with Crippen molar-refractivity contribution in [3.05, 3.63) is 89.7 Å². The summed E-state index contributed by atoms with van der Waals surface area (Å²) in [5, 5.41) is 4.93. The number of amides is 1. The molecule has 0 aliphatic heterocycles. The van der Waals surface area contributed by atoms with Crippen molar-refractivity contribution in [1.82, 2.24) is 9.97 Å². The minimum absolute atomic E-state index is 0.0665. The Kier molecular flexibility index (Phi) is 5.74. The van der Waals surface area contributed by atoms with E-state index in [0.717, 1.165) is 12.1 Å². The van der Waals surface area contributed by atoms with E-state index in [1.54, 1.807) is 11.6 Å². The van der Waals surface area contributed by atoms with Gasteiger partial charge in [0.15, 0.2) is 5.13 Å². The number of aromatic nitrogens is 2. The summed E-state index contributed by atoms with van der Waals surface area (Å²) in [5.74, 6) is -0.906. The molecule has 4 rings (SSSR count). The van der Waals surface area contributed by atoms with E-state index in [9.17, 15) is 17.6 Å². The van der Waals surface area contributed by atoms with Crippen LogP contribution in [0, 0.1) is 5.82 Å². The molecule has 2 aromatic carbocycles. The molecule has 1 amide bonds. The van der Waals surface area contributed by atoms with Crippen LogP contribution in [0.25, 0.3) is 11.4 Å². The normalized spacial score (nSPS) is 11.1. The molecule has 2 N–H and O–H groups in total. The number of halogens is 1. The van der Waals surface area contributed by atoms with Gasteiger partial charge in [0.1, 0.15) is 11.5 Å². The van der Waals surface area contributed by atoms with E-state index >= 15 is 0 Å². The second-order valence-electron chi connectivity index (χ2n) is 6.34. The molecule has 2 aromatic heterocycles. The molecular formula is C21H15FN4O3S2. The van der Waals surface area contributed by atoms with Crippen LogP contribution in [0.5, 0.6) is 0 Å². The summed E-state index contributed by atoms with van der Waals surface area (Å²) in [7, 11) is -3.87. The van der Waals surface area contributed by atoms with Crippen molar-refractivity contribution in [2.75, 3.05) is 10.0 Å². The molecule has 7 nitrogen and oxygen atoms in total. The van der Waals surface area contributed by atoms with Crippen LogP contribution in [-0.2, 0) is 10.0 Å². The Morgan fingerprint density at radius 2 is 1.68 bits per heavy atom. The molecule has 0 saturated heterocycles. The van der Waals surface area contributed by atoms with Gasteiger partial charge in [-0.3, -0.25) is 19.8 Å². The highest BCUT2D eigenvalue weighted by molar-refractivity contribution is 7.92. The SMILES string of the molecule is O=C(Nc1nc(-c2ccccn2)cs1)c1ccc(NS(=O)(=O)c2ccc(F)cc2)cc1. The van der Waals surface area contributed by atoms with Gasteiger partial charge < -0.3 is 0 Å². The molecular weight excluding hydrogens is 439 g/mol. The summed E-state index contributed by atoms with van der Waals surface area (Å²) in [4.78, 5) is 21.0. The Labute approximate surface area is 181 Å². The van der Waals surface area contributed by atoms with Crippen molar-refractivity contribution in [1.29, 1.82) is 0 Å². The van der Waals surface area contributed by atoms with Gasteiger partial charge in [-0.15, -0.1) is 11.3 Å². The average molecular weight is 455 g/mol. The van der Waals surface area contributed by atoms with Crippen LogP contribution in [0.4, 0.5) is 15.2 Å². The molecule has 2 heterocycles. The van der Waals surface area contributed by atoms with Gasteiger partial charge in [0.05, 0.1) is 10.6 Å². The smallest absolute Gasteiger partial charge is 0.261 e. The van der Waals surface area contributed by atoms with Gasteiger partial charge in [0.2, 0.25) is 0 Å². The average Bonchev–Trinajstić information content (AvgIpc) is 3.23. The molecule has 0 unspecified atom stereocenters. The Morgan fingerprint density at radius 3 is 2.35 bits per heavy atom. The van der Waals surface area contributed by atoms with Crippen molar-refractivity contribution in [3.8, 4) is 11.4 Å². The van der Waals surface area contributed by atoms with Crippen molar-refractivity contribution in [3.63, 3.8) is 0 Å². The molecule has 0 radical (unpaired) electrons. The first-order valence-corrected chi connectivity index (χ1v) is 11.3. The Morgan fingerprint density at radius 1 is 0.935 bits per heavy atom. The molecule has 31 heavy (non-hydrogen) atoms. The van der Waals surface area contributed by atoms with Crippen LogP contribution in [0.2, 0.25) is 0 Å². The van der Waals surface area contributed by atoms with Crippen LogP contribution >= 0.6 is 11.3 Å². The molecule has 0 atom stereocenters. The third-order valence-electron chi connectivity index (χ3n) is 4.18. The van der Waals surface area contributed by atoms with Crippen LogP contribution in [0.3, 0.4) is 0 Å². The number of hydrogen-bond acceptors (Lipinski definition) is 6. The Hall–Kier alpha value is -3.63. The van der Waals surface area contributed by atoms with Crippen LogP contribution in [0.15, 0.2) is 83.2 Å². The summed E-state index contributed by atoms with van der Waals surface area (Å²) < 4.78 is 40.1. The van der Waals surface area contributed by atoms with E-state index in [-0.39, 0.29) is 16.5 Å². The Bertz CT molecular complexity index is 1310. The molecule has 0 fully saturated rings. The number of pyridine rings is 1. The number of anilines is 2. The lowest BCUT2D eigenvalue weighted by atomic mass is 10.2. The topological polar surface area (TPSA) is 101 Å². The standard InChI is InChI=1S/C21H15FN4O3S2/c22-15-6-10-17(11-7-15)31(28,29)26-16-8-4-14(5-9-16)20(27)25-21-24-19(13-30-21)18-3-1-2-12-23-18/h1-13,26H,(H,24,25,27). The van der Waals surface area contributed by atoms with Crippen LogP contribution in [-0.4, -0.2) is 24.3 Å². The molecule has 0 bridgehead atoms. The lowest BCUT2D eigenvalue weighted by molar-refractivity contribution is 0.102. The highest BCUT2D eigenvalue weighted by atomic mass is 32.2. The van der Waals surface area contributed by atoms with E-state index in [0.29, 0.717) is 22.1 Å². The van der Waals surface area contributed by atoms with E-state index < -0.39 is 15.8 Å². The number of hydrogen-bond donors (Lipinski definition) is 2. The van der Waals surface area contributed by atoms with Gasteiger partial charge in [-0.2, -0.15) is 0 Å². The molecule has 0 aliphatic carbocycles. The first kappa shape index (κ1) is 20.6. The number of sulfonamides is 1. The van der Waals surface area contributed by atoms with E-state index in [1.807, 2.05) is 18.2 Å². The summed E-state index contributed by atoms with van der Waals surface area (Å²) >= 11 is 1.28. The number of benzene rings is 2. The monoisotopic (exact) mass is 454 g/mol. The summed E-state index contributed by atoms with van der Waals surface area (Å²) in [6, 6.07) is 15.9. The maximum absolute atomic E-state index is 13.0. The zero-order valence-corrected chi connectivity index (χ0v) is 17.5. The zero-order chi connectivity index (χ0) is 21.8. The second-order valence-corrected chi connectivity index (χ2v) is 8.88. The number of rotatable bonds is 6. The van der Waals surface area contributed by atoms with Crippen molar-refractivity contribution < 1.29 is 17.6 Å². The maximum Gasteiger partial charge on any atom is 0.261 e. The fourth-order valence-electron chi connectivity index (χ4n) is 2.65. The van der Waals surface area contributed by atoms with E-state index in [2.05, 4.69) is 20.0 Å². The fraction of sp³-hybridized carbons (Fsp3) is 0. The maximum atomic E-state index is 13.0. The minimum atomic E-state index is -3.87. The van der Waals surface area contributed by atoms with Gasteiger partial charge in [-0.25, -0.2) is 17.8 Å². The fourth-order valence-corrected chi connectivity index (χ4v) is 4.41. The predicted octanol–water partition coefficient (Wildman–Crippen LogP) is 4.40. The van der Waals surface area contributed by atoms with Gasteiger partial charge in [-0.05, 0) is 60.7 Å². The first-order chi connectivity index (χ1) is 14.9. The number of carbonyl (C=O) groups excluding carboxylic acids is 1. The lowest BCUT2D eigenvalue weighted by Crippen LogP contribution is -2.14. The van der Waals surface area contributed by atoms with Gasteiger partial charge in [0.25, 0.3) is 15.9 Å². The van der Waals surface area contributed by atoms with E-state index in [4.69, 9.17) is 0 Å². The summed E-state index contributed by atoms with van der Waals surface area (Å²) in [6.45, 7) is 0. The number of nitrogens with zero attached hydrogens (tertiary/aromatic N) is 2. The first-order valence-electron chi connectivity index (χ1n) is 8.97. The molecule has 4 aromatic rings. The highest BCUT2D eigenvalue weighted by Gasteiger charge is 2.15. The zero-order valence-electron chi connectivity index (χ0n) is 15.8. The molecule has 0 saturated carbocycles. The number of thiazole rings is 1. The number of nitrogens with one attached hydrogen (secondary N) is 2. The summed E-state index contributed by atoms with van der Waals surface area (Å²) in [6.07, 6.45) is 1.67. The Balaban J connectivity index is 1.43. The molecule has 0 aliphatic rings. The largest absolute Gasteiger partial charge is 0.298 e. The highest BCUT2D eigenvalue weighted by Crippen LogP contribution is 2.24.